The molecule has 0 aliphatic carbocycles. The van der Waals surface area contributed by atoms with Gasteiger partial charge < -0.3 is 15.4 Å². The molecule has 0 saturated carbocycles. The predicted octanol–water partition coefficient (Wildman–Crippen LogP) is 2.32. The minimum atomic E-state index is -0.235. The number of pyridine rings is 1. The second-order valence-corrected chi connectivity index (χ2v) is 5.73. The van der Waals surface area contributed by atoms with E-state index in [1.807, 2.05) is 44.3 Å². The topological polar surface area (TPSA) is 58.5 Å². The van der Waals surface area contributed by atoms with Crippen molar-refractivity contribution in [1.29, 1.82) is 0 Å². The molecule has 0 saturated heterocycles. The lowest BCUT2D eigenvalue weighted by atomic mass is 10.1. The minimum absolute atomic E-state index is 0.235. The highest BCUT2D eigenvalue weighted by atomic mass is 16.5. The summed E-state index contributed by atoms with van der Waals surface area (Å²) >= 11 is 0. The van der Waals surface area contributed by atoms with E-state index in [1.54, 1.807) is 14.2 Å². The number of nitrogens with zero attached hydrogens (tertiary/aromatic N) is 2. The van der Waals surface area contributed by atoms with Gasteiger partial charge in [-0.15, -0.1) is 0 Å². The van der Waals surface area contributed by atoms with Gasteiger partial charge in [-0.1, -0.05) is 18.2 Å². The third kappa shape index (κ3) is 4.18. The standard InChI is InChI=1S/C17H24N4O/c1-17(2,22-4)12-21-16(18-3)20-11-13-9-10-19-15-8-6-5-7-14(13)15/h5-10H,11-12H2,1-4H3,(H2,18,20,21). The SMILES string of the molecule is CN=C(NCc1ccnc2ccccc12)NCC(C)(C)OC. The quantitative estimate of drug-likeness (QED) is 0.657. The zero-order valence-corrected chi connectivity index (χ0v) is 13.7. The van der Waals surface area contributed by atoms with Gasteiger partial charge in [-0.25, -0.2) is 0 Å². The van der Waals surface area contributed by atoms with Crippen LogP contribution in [0.5, 0.6) is 0 Å². The number of hydrogen-bond donors (Lipinski definition) is 2. The number of fused-ring (bicyclic) bond motifs is 1. The van der Waals surface area contributed by atoms with Crippen molar-refractivity contribution in [2.75, 3.05) is 20.7 Å². The summed E-state index contributed by atoms with van der Waals surface area (Å²) in [5, 5.41) is 7.76. The van der Waals surface area contributed by atoms with E-state index in [2.05, 4.69) is 26.7 Å². The van der Waals surface area contributed by atoms with Gasteiger partial charge in [0, 0.05) is 38.8 Å². The zero-order chi connectivity index (χ0) is 16.0. The second-order valence-electron chi connectivity index (χ2n) is 5.73. The fourth-order valence-corrected chi connectivity index (χ4v) is 2.08. The maximum atomic E-state index is 5.40. The molecule has 0 bridgehead atoms. The lowest BCUT2D eigenvalue weighted by molar-refractivity contribution is 0.0268. The molecule has 0 aliphatic heterocycles. The van der Waals surface area contributed by atoms with Gasteiger partial charge in [0.2, 0.25) is 0 Å². The Bertz CT molecular complexity index is 647. The van der Waals surface area contributed by atoms with Crippen LogP contribution in [0.3, 0.4) is 0 Å². The Kier molecular flexibility index (Phi) is 5.33. The molecule has 0 atom stereocenters. The summed E-state index contributed by atoms with van der Waals surface area (Å²) in [5.41, 5.74) is 1.96. The van der Waals surface area contributed by atoms with E-state index in [0.717, 1.165) is 16.9 Å². The van der Waals surface area contributed by atoms with E-state index in [9.17, 15) is 0 Å². The van der Waals surface area contributed by atoms with Crippen LogP contribution >= 0.6 is 0 Å². The Labute approximate surface area is 131 Å². The van der Waals surface area contributed by atoms with E-state index in [0.29, 0.717) is 13.1 Å². The van der Waals surface area contributed by atoms with Crippen molar-refractivity contribution >= 4 is 16.9 Å². The summed E-state index contributed by atoms with van der Waals surface area (Å²) in [6, 6.07) is 10.2. The van der Waals surface area contributed by atoms with Crippen LogP contribution in [0.2, 0.25) is 0 Å². The molecule has 0 unspecified atom stereocenters. The number of methoxy groups -OCH3 is 1. The molecule has 0 aliphatic rings. The van der Waals surface area contributed by atoms with Gasteiger partial charge in [-0.05, 0) is 31.5 Å². The van der Waals surface area contributed by atoms with E-state index in [4.69, 9.17) is 4.74 Å². The Hall–Kier alpha value is -2.14. The predicted molar refractivity (Wildman–Crippen MR) is 91.0 cm³/mol. The number of benzene rings is 1. The Balaban J connectivity index is 2.01. The first-order valence-electron chi connectivity index (χ1n) is 7.38. The Morgan fingerprint density at radius 3 is 2.73 bits per heavy atom. The molecule has 2 rings (SSSR count). The summed E-state index contributed by atoms with van der Waals surface area (Å²) in [4.78, 5) is 8.62. The van der Waals surface area contributed by atoms with Crippen LogP contribution in [-0.2, 0) is 11.3 Å². The molecule has 5 heteroatoms. The average Bonchev–Trinajstić information content (AvgIpc) is 2.55. The van der Waals surface area contributed by atoms with E-state index < -0.39 is 0 Å². The summed E-state index contributed by atoms with van der Waals surface area (Å²) in [5.74, 6) is 0.756. The van der Waals surface area contributed by atoms with Crippen LogP contribution < -0.4 is 10.6 Å². The molecule has 2 N–H and O–H groups in total. The summed E-state index contributed by atoms with van der Waals surface area (Å²) in [7, 11) is 3.47. The number of nitrogens with one attached hydrogen (secondary N) is 2. The third-order valence-corrected chi connectivity index (χ3v) is 3.64. The van der Waals surface area contributed by atoms with Crippen LogP contribution in [0.1, 0.15) is 19.4 Å². The number of guanidine groups is 1. The van der Waals surface area contributed by atoms with Crippen molar-refractivity contribution in [2.24, 2.45) is 4.99 Å². The fourth-order valence-electron chi connectivity index (χ4n) is 2.08. The van der Waals surface area contributed by atoms with Crippen LogP contribution in [0.4, 0.5) is 0 Å². The smallest absolute Gasteiger partial charge is 0.191 e. The molecule has 1 aromatic heterocycles. The van der Waals surface area contributed by atoms with Gasteiger partial charge in [-0.2, -0.15) is 0 Å². The molecular formula is C17H24N4O. The molecule has 0 spiro atoms. The van der Waals surface area contributed by atoms with Gasteiger partial charge in [-0.3, -0.25) is 9.98 Å². The molecule has 5 nitrogen and oxygen atoms in total. The average molecular weight is 300 g/mol. The van der Waals surface area contributed by atoms with Gasteiger partial charge in [0.05, 0.1) is 11.1 Å². The van der Waals surface area contributed by atoms with Crippen molar-refractivity contribution in [1.82, 2.24) is 15.6 Å². The molecule has 1 aromatic carbocycles. The maximum absolute atomic E-state index is 5.40. The number of ether oxygens (including phenoxy) is 1. The summed E-state index contributed by atoms with van der Waals surface area (Å²) < 4.78 is 5.40. The number of para-hydroxylation sites is 1. The van der Waals surface area contributed by atoms with Crippen molar-refractivity contribution in [2.45, 2.75) is 26.0 Å². The van der Waals surface area contributed by atoms with Gasteiger partial charge >= 0.3 is 0 Å². The van der Waals surface area contributed by atoms with Crippen molar-refractivity contribution < 1.29 is 4.74 Å². The minimum Gasteiger partial charge on any atom is -0.377 e. The van der Waals surface area contributed by atoms with Gasteiger partial charge in [0.15, 0.2) is 5.96 Å². The van der Waals surface area contributed by atoms with Crippen LogP contribution in [0, 0.1) is 0 Å². The number of rotatable bonds is 5. The molecular weight excluding hydrogens is 276 g/mol. The number of aliphatic imine (C=N–C) groups is 1. The van der Waals surface area contributed by atoms with Crippen LogP contribution in [-0.4, -0.2) is 37.2 Å². The number of hydrogen-bond acceptors (Lipinski definition) is 3. The molecule has 0 fully saturated rings. The highest BCUT2D eigenvalue weighted by Gasteiger charge is 2.16. The summed E-state index contributed by atoms with van der Waals surface area (Å²) in [6.07, 6.45) is 1.84. The lowest BCUT2D eigenvalue weighted by Gasteiger charge is -2.24. The van der Waals surface area contributed by atoms with Crippen molar-refractivity contribution in [3.05, 3.63) is 42.1 Å². The molecule has 2 aromatic rings. The van der Waals surface area contributed by atoms with Crippen LogP contribution in [0.15, 0.2) is 41.5 Å². The normalized spacial score (nSPS) is 12.5. The molecule has 0 radical (unpaired) electrons. The van der Waals surface area contributed by atoms with E-state index in [1.165, 1.54) is 5.56 Å². The van der Waals surface area contributed by atoms with Crippen molar-refractivity contribution in [3.8, 4) is 0 Å². The second kappa shape index (κ2) is 7.22. The summed E-state index contributed by atoms with van der Waals surface area (Å²) in [6.45, 7) is 5.43. The zero-order valence-electron chi connectivity index (χ0n) is 13.7. The largest absolute Gasteiger partial charge is 0.377 e. The monoisotopic (exact) mass is 300 g/mol. The highest BCUT2D eigenvalue weighted by molar-refractivity contribution is 5.83. The Morgan fingerprint density at radius 2 is 2.00 bits per heavy atom. The fraction of sp³-hybridized carbons (Fsp3) is 0.412. The first-order chi connectivity index (χ1) is 10.6. The number of aromatic nitrogens is 1. The highest BCUT2D eigenvalue weighted by Crippen LogP contribution is 2.15. The first-order valence-corrected chi connectivity index (χ1v) is 7.38. The van der Waals surface area contributed by atoms with Crippen LogP contribution in [0.25, 0.3) is 10.9 Å². The molecule has 22 heavy (non-hydrogen) atoms. The maximum Gasteiger partial charge on any atom is 0.191 e. The van der Waals surface area contributed by atoms with Gasteiger partial charge in [0.25, 0.3) is 0 Å². The van der Waals surface area contributed by atoms with Crippen molar-refractivity contribution in [3.63, 3.8) is 0 Å². The third-order valence-electron chi connectivity index (χ3n) is 3.64. The first kappa shape index (κ1) is 16.2. The van der Waals surface area contributed by atoms with E-state index in [-0.39, 0.29) is 5.60 Å². The van der Waals surface area contributed by atoms with E-state index >= 15 is 0 Å². The molecule has 0 amide bonds. The Morgan fingerprint density at radius 1 is 1.23 bits per heavy atom. The molecule has 118 valence electrons. The lowest BCUT2D eigenvalue weighted by Crippen LogP contribution is -2.45. The molecule has 1 heterocycles. The van der Waals surface area contributed by atoms with Gasteiger partial charge in [0.1, 0.15) is 0 Å².